The van der Waals surface area contributed by atoms with E-state index in [1.807, 2.05) is 39.5 Å². The molecule has 1 aromatic carbocycles. The van der Waals surface area contributed by atoms with Crippen LogP contribution in [-0.4, -0.2) is 23.2 Å². The molecular formula is C17H23F4NO. The van der Waals surface area contributed by atoms with Crippen molar-refractivity contribution in [2.24, 2.45) is 0 Å². The molecule has 0 spiro atoms. The molecule has 1 atom stereocenters. The zero-order chi connectivity index (χ0) is 17.8. The highest BCUT2D eigenvalue weighted by atomic mass is 19.4. The fourth-order valence-electron chi connectivity index (χ4n) is 2.25. The summed E-state index contributed by atoms with van der Waals surface area (Å²) >= 11 is 0. The predicted molar refractivity (Wildman–Crippen MR) is 82.9 cm³/mol. The van der Waals surface area contributed by atoms with Crippen LogP contribution in [0.25, 0.3) is 0 Å². The van der Waals surface area contributed by atoms with Gasteiger partial charge in [0, 0.05) is 12.1 Å². The molecule has 6 heteroatoms. The van der Waals surface area contributed by atoms with Crippen molar-refractivity contribution in [3.63, 3.8) is 0 Å². The van der Waals surface area contributed by atoms with E-state index in [1.165, 1.54) is 12.1 Å². The lowest BCUT2D eigenvalue weighted by molar-refractivity contribution is -0.182. The average Bonchev–Trinajstić information content (AvgIpc) is 2.44. The molecule has 2 nitrogen and oxygen atoms in total. The van der Waals surface area contributed by atoms with Gasteiger partial charge in [0.25, 0.3) is 0 Å². The SMILES string of the molecule is CC=C(Oc1ccc(C(F)C(F)(F)F)cc1)N(CC)C(C)(C)C. The summed E-state index contributed by atoms with van der Waals surface area (Å²) in [6.45, 7) is 10.6. The highest BCUT2D eigenvalue weighted by molar-refractivity contribution is 5.30. The van der Waals surface area contributed by atoms with E-state index in [1.54, 1.807) is 6.08 Å². The molecule has 23 heavy (non-hydrogen) atoms. The maximum Gasteiger partial charge on any atom is 0.423 e. The Morgan fingerprint density at radius 3 is 2.04 bits per heavy atom. The highest BCUT2D eigenvalue weighted by Gasteiger charge is 2.41. The smallest absolute Gasteiger partial charge is 0.423 e. The molecular weight excluding hydrogens is 310 g/mol. The molecule has 0 aromatic heterocycles. The van der Waals surface area contributed by atoms with Gasteiger partial charge < -0.3 is 9.64 Å². The van der Waals surface area contributed by atoms with Crippen molar-refractivity contribution >= 4 is 0 Å². The molecule has 1 unspecified atom stereocenters. The quantitative estimate of drug-likeness (QED) is 0.512. The monoisotopic (exact) mass is 333 g/mol. The van der Waals surface area contributed by atoms with Crippen molar-refractivity contribution in [3.05, 3.63) is 41.8 Å². The lowest BCUT2D eigenvalue weighted by Crippen LogP contribution is -2.41. The van der Waals surface area contributed by atoms with Crippen LogP contribution in [0.5, 0.6) is 5.75 Å². The van der Waals surface area contributed by atoms with Gasteiger partial charge in [0.05, 0.1) is 0 Å². The van der Waals surface area contributed by atoms with Gasteiger partial charge in [-0.1, -0.05) is 12.1 Å². The standard InChI is InChI=1S/C17H23F4NO/c1-6-14(22(7-2)16(3,4)5)23-13-10-8-12(9-11-13)15(18)17(19,20)21/h6,8-11,15H,7H2,1-5H3. The first kappa shape index (κ1) is 19.3. The van der Waals surface area contributed by atoms with Gasteiger partial charge in [-0.05, 0) is 58.4 Å². The van der Waals surface area contributed by atoms with Crippen LogP contribution in [0.1, 0.15) is 46.4 Å². The van der Waals surface area contributed by atoms with Gasteiger partial charge in [-0.15, -0.1) is 0 Å². The topological polar surface area (TPSA) is 12.5 Å². The first-order valence-electron chi connectivity index (χ1n) is 7.43. The summed E-state index contributed by atoms with van der Waals surface area (Å²) in [6.07, 6.45) is -6.10. The van der Waals surface area contributed by atoms with Crippen molar-refractivity contribution < 1.29 is 22.3 Å². The highest BCUT2D eigenvalue weighted by Crippen LogP contribution is 2.36. The molecule has 0 aliphatic rings. The maximum atomic E-state index is 13.3. The van der Waals surface area contributed by atoms with Crippen LogP contribution in [0.3, 0.4) is 0 Å². The summed E-state index contributed by atoms with van der Waals surface area (Å²) in [7, 11) is 0. The van der Waals surface area contributed by atoms with E-state index in [0.717, 1.165) is 12.1 Å². The van der Waals surface area contributed by atoms with E-state index in [4.69, 9.17) is 4.74 Å². The van der Waals surface area contributed by atoms with Crippen molar-refractivity contribution in [2.75, 3.05) is 6.54 Å². The van der Waals surface area contributed by atoms with Gasteiger partial charge in [0.15, 0.2) is 5.88 Å². The largest absolute Gasteiger partial charge is 0.442 e. The zero-order valence-corrected chi connectivity index (χ0v) is 14.0. The number of allylic oxidation sites excluding steroid dienone is 1. The van der Waals surface area contributed by atoms with Crippen molar-refractivity contribution in [2.45, 2.75) is 52.5 Å². The van der Waals surface area contributed by atoms with E-state index in [0.29, 0.717) is 18.2 Å². The van der Waals surface area contributed by atoms with Crippen LogP contribution in [0.4, 0.5) is 17.6 Å². The minimum Gasteiger partial charge on any atom is -0.442 e. The number of rotatable bonds is 5. The Hall–Kier alpha value is -1.72. The van der Waals surface area contributed by atoms with Crippen LogP contribution in [-0.2, 0) is 0 Å². The maximum absolute atomic E-state index is 13.3. The van der Waals surface area contributed by atoms with Gasteiger partial charge in [-0.25, -0.2) is 4.39 Å². The summed E-state index contributed by atoms with van der Waals surface area (Å²) < 4.78 is 56.1. The van der Waals surface area contributed by atoms with Crippen LogP contribution in [0.15, 0.2) is 36.2 Å². The van der Waals surface area contributed by atoms with Gasteiger partial charge in [-0.2, -0.15) is 13.2 Å². The van der Waals surface area contributed by atoms with Crippen LogP contribution in [0, 0.1) is 0 Å². The first-order valence-corrected chi connectivity index (χ1v) is 7.43. The Morgan fingerprint density at radius 2 is 1.70 bits per heavy atom. The molecule has 0 N–H and O–H groups in total. The van der Waals surface area contributed by atoms with Gasteiger partial charge in [-0.3, -0.25) is 0 Å². The summed E-state index contributed by atoms with van der Waals surface area (Å²) in [5.74, 6) is 0.958. The van der Waals surface area contributed by atoms with E-state index < -0.39 is 17.9 Å². The Labute approximate surface area is 134 Å². The number of hydrogen-bond donors (Lipinski definition) is 0. The Kier molecular flexibility index (Phi) is 6.08. The van der Waals surface area contributed by atoms with E-state index in [2.05, 4.69) is 0 Å². The van der Waals surface area contributed by atoms with Crippen LogP contribution < -0.4 is 4.74 Å². The van der Waals surface area contributed by atoms with E-state index in [9.17, 15) is 17.6 Å². The Balaban J connectivity index is 2.93. The molecule has 1 aromatic rings. The minimum atomic E-state index is -4.90. The number of ether oxygens (including phenoxy) is 1. The molecule has 0 aliphatic carbocycles. The minimum absolute atomic E-state index is 0.170. The number of alkyl halides is 4. The number of hydrogen-bond acceptors (Lipinski definition) is 2. The number of benzene rings is 1. The second kappa shape index (κ2) is 7.23. The lowest BCUT2D eigenvalue weighted by Gasteiger charge is -2.37. The van der Waals surface area contributed by atoms with Crippen molar-refractivity contribution in [1.29, 1.82) is 0 Å². The third kappa shape index (κ3) is 5.15. The second-order valence-electron chi connectivity index (χ2n) is 6.12. The van der Waals surface area contributed by atoms with Crippen LogP contribution >= 0.6 is 0 Å². The predicted octanol–water partition coefficient (Wildman–Crippen LogP) is 5.62. The number of nitrogens with zero attached hydrogens (tertiary/aromatic N) is 1. The van der Waals surface area contributed by atoms with Gasteiger partial charge in [0.2, 0.25) is 6.17 Å². The zero-order valence-electron chi connectivity index (χ0n) is 14.0. The summed E-state index contributed by atoms with van der Waals surface area (Å²) in [5, 5.41) is 0. The Morgan fingerprint density at radius 1 is 1.17 bits per heavy atom. The molecule has 0 amide bonds. The molecule has 0 radical (unpaired) electrons. The molecule has 0 aliphatic heterocycles. The molecule has 130 valence electrons. The van der Waals surface area contributed by atoms with Gasteiger partial charge >= 0.3 is 6.18 Å². The van der Waals surface area contributed by atoms with Crippen molar-refractivity contribution in [3.8, 4) is 5.75 Å². The first-order chi connectivity index (χ1) is 10.5. The van der Waals surface area contributed by atoms with Crippen LogP contribution in [0.2, 0.25) is 0 Å². The fraction of sp³-hybridized carbons (Fsp3) is 0.529. The van der Waals surface area contributed by atoms with Crippen molar-refractivity contribution in [1.82, 2.24) is 4.90 Å². The summed E-state index contributed by atoms with van der Waals surface area (Å²) in [4.78, 5) is 2.02. The fourth-order valence-corrected chi connectivity index (χ4v) is 2.25. The van der Waals surface area contributed by atoms with E-state index >= 15 is 0 Å². The van der Waals surface area contributed by atoms with E-state index in [-0.39, 0.29) is 5.54 Å². The number of halogens is 4. The molecule has 0 heterocycles. The second-order valence-corrected chi connectivity index (χ2v) is 6.12. The lowest BCUT2D eigenvalue weighted by atomic mass is 10.1. The van der Waals surface area contributed by atoms with Gasteiger partial charge in [0.1, 0.15) is 5.75 Å². The molecule has 0 bridgehead atoms. The third-order valence-corrected chi connectivity index (χ3v) is 3.32. The Bertz CT molecular complexity index is 529. The third-order valence-electron chi connectivity index (χ3n) is 3.32. The normalized spacial score (nSPS) is 14.6. The summed E-state index contributed by atoms with van der Waals surface area (Å²) in [5.41, 5.74) is -0.605. The average molecular weight is 333 g/mol. The molecule has 0 fully saturated rings. The molecule has 0 saturated carbocycles. The molecule has 0 saturated heterocycles. The summed E-state index contributed by atoms with van der Waals surface area (Å²) in [6, 6.07) is 4.86. The molecule has 1 rings (SSSR count).